The van der Waals surface area contributed by atoms with E-state index >= 15 is 0 Å². The lowest BCUT2D eigenvalue weighted by Crippen LogP contribution is -2.23. The van der Waals surface area contributed by atoms with Crippen molar-refractivity contribution in [1.29, 1.82) is 0 Å². The molecule has 0 aliphatic carbocycles. The predicted octanol–water partition coefficient (Wildman–Crippen LogP) is 5.45. The first-order valence-electron chi connectivity index (χ1n) is 9.26. The number of carbonyl (C=O) groups is 1. The Morgan fingerprint density at radius 1 is 1.24 bits per heavy atom. The Morgan fingerprint density at radius 2 is 1.92 bits per heavy atom. The quantitative estimate of drug-likeness (QED) is 0.368. The van der Waals surface area contributed by atoms with Crippen LogP contribution in [0.2, 0.25) is 25.7 Å². The Bertz CT molecular complexity index is 692. The van der Waals surface area contributed by atoms with Crippen molar-refractivity contribution in [2.24, 2.45) is 0 Å². The summed E-state index contributed by atoms with van der Waals surface area (Å²) in [6.07, 6.45) is 3.95. The van der Waals surface area contributed by atoms with Crippen LogP contribution >= 0.6 is 0 Å². The second kappa shape index (κ2) is 7.77. The molecule has 0 N–H and O–H groups in total. The maximum atomic E-state index is 12.4. The molecule has 0 atom stereocenters. The molecule has 1 heterocycles. The van der Waals surface area contributed by atoms with E-state index in [9.17, 15) is 4.79 Å². The van der Waals surface area contributed by atoms with Crippen LogP contribution in [0.25, 0.3) is 0 Å². The SMILES string of the molecule is CCc1c(C)c2c(c(OCC[Si](C)(C)C)c1CC=C(C)C)C(=O)OC2. The van der Waals surface area contributed by atoms with Crippen molar-refractivity contribution in [3.8, 4) is 5.75 Å². The molecule has 2 rings (SSSR count). The highest BCUT2D eigenvalue weighted by molar-refractivity contribution is 6.76. The average Bonchev–Trinajstić information content (AvgIpc) is 2.88. The standard InChI is InChI=1S/C21H32O3Si/c1-8-16-15(4)18-13-24-21(22)19(18)20(17(16)10-9-14(2)3)23-11-12-25(5,6)7/h9H,8,10-13H2,1-7H3. The lowest BCUT2D eigenvalue weighted by Gasteiger charge is -2.22. The summed E-state index contributed by atoms with van der Waals surface area (Å²) in [5.41, 5.74) is 6.62. The van der Waals surface area contributed by atoms with Crippen LogP contribution in [0.3, 0.4) is 0 Å². The number of benzene rings is 1. The highest BCUT2D eigenvalue weighted by Crippen LogP contribution is 2.39. The number of rotatable bonds is 7. The maximum absolute atomic E-state index is 12.4. The van der Waals surface area contributed by atoms with Gasteiger partial charge < -0.3 is 9.47 Å². The van der Waals surface area contributed by atoms with Gasteiger partial charge in [0.1, 0.15) is 17.9 Å². The van der Waals surface area contributed by atoms with Gasteiger partial charge in [-0.15, -0.1) is 0 Å². The average molecular weight is 361 g/mol. The maximum Gasteiger partial charge on any atom is 0.342 e. The molecule has 0 unspecified atom stereocenters. The number of esters is 1. The van der Waals surface area contributed by atoms with Gasteiger partial charge in [0.25, 0.3) is 0 Å². The summed E-state index contributed by atoms with van der Waals surface area (Å²) in [5, 5.41) is 0. The van der Waals surface area contributed by atoms with Gasteiger partial charge >= 0.3 is 5.97 Å². The Balaban J connectivity index is 2.53. The molecule has 138 valence electrons. The molecule has 0 saturated heterocycles. The Hall–Kier alpha value is -1.55. The monoisotopic (exact) mass is 360 g/mol. The summed E-state index contributed by atoms with van der Waals surface area (Å²) in [6.45, 7) is 16.5. The summed E-state index contributed by atoms with van der Waals surface area (Å²) < 4.78 is 11.6. The van der Waals surface area contributed by atoms with Crippen LogP contribution in [0.5, 0.6) is 5.75 Å². The van der Waals surface area contributed by atoms with Crippen molar-refractivity contribution in [2.45, 2.75) is 72.8 Å². The second-order valence-corrected chi connectivity index (χ2v) is 14.0. The number of allylic oxidation sites excluding steroid dienone is 2. The lowest BCUT2D eigenvalue weighted by atomic mass is 9.89. The highest BCUT2D eigenvalue weighted by Gasteiger charge is 2.32. The zero-order chi connectivity index (χ0) is 18.8. The van der Waals surface area contributed by atoms with E-state index in [0.717, 1.165) is 35.8 Å². The fourth-order valence-electron chi connectivity index (χ4n) is 3.25. The normalized spacial score (nSPS) is 13.5. The molecule has 0 radical (unpaired) electrons. The molecule has 1 aromatic rings. The van der Waals surface area contributed by atoms with Crippen molar-refractivity contribution in [3.63, 3.8) is 0 Å². The molecule has 1 aliphatic heterocycles. The third-order valence-electron chi connectivity index (χ3n) is 4.79. The Kier molecular flexibility index (Phi) is 6.15. The van der Waals surface area contributed by atoms with E-state index < -0.39 is 8.07 Å². The zero-order valence-electron chi connectivity index (χ0n) is 16.8. The van der Waals surface area contributed by atoms with Crippen LogP contribution in [-0.2, 0) is 24.2 Å². The van der Waals surface area contributed by atoms with Gasteiger partial charge in [0.05, 0.1) is 6.61 Å². The van der Waals surface area contributed by atoms with Crippen molar-refractivity contribution >= 4 is 14.0 Å². The van der Waals surface area contributed by atoms with E-state index in [-0.39, 0.29) is 5.97 Å². The fourth-order valence-corrected chi connectivity index (χ4v) is 3.96. The zero-order valence-corrected chi connectivity index (χ0v) is 17.8. The molecule has 4 heteroatoms. The molecule has 0 spiro atoms. The molecule has 25 heavy (non-hydrogen) atoms. The van der Waals surface area contributed by atoms with Crippen molar-refractivity contribution in [1.82, 2.24) is 0 Å². The van der Waals surface area contributed by atoms with Crippen molar-refractivity contribution in [2.75, 3.05) is 6.61 Å². The van der Waals surface area contributed by atoms with E-state index in [1.54, 1.807) is 0 Å². The van der Waals surface area contributed by atoms with Crippen LogP contribution < -0.4 is 4.74 Å². The molecule has 0 bridgehead atoms. The van der Waals surface area contributed by atoms with Crippen LogP contribution in [0.15, 0.2) is 11.6 Å². The largest absolute Gasteiger partial charge is 0.493 e. The molecule has 3 nitrogen and oxygen atoms in total. The topological polar surface area (TPSA) is 35.5 Å². The van der Waals surface area contributed by atoms with Crippen LogP contribution in [0.1, 0.15) is 53.4 Å². The second-order valence-electron chi connectivity index (χ2n) is 8.34. The number of fused-ring (bicyclic) bond motifs is 1. The van der Waals surface area contributed by atoms with Gasteiger partial charge in [0, 0.05) is 19.2 Å². The van der Waals surface area contributed by atoms with Crippen LogP contribution in [-0.4, -0.2) is 20.7 Å². The number of hydrogen-bond donors (Lipinski definition) is 0. The molecule has 0 aromatic heterocycles. The molecular formula is C21H32O3Si. The minimum absolute atomic E-state index is 0.234. The van der Waals surface area contributed by atoms with Gasteiger partial charge in [-0.2, -0.15) is 0 Å². The third kappa shape index (κ3) is 4.54. The van der Waals surface area contributed by atoms with Gasteiger partial charge in [-0.3, -0.25) is 0 Å². The predicted molar refractivity (Wildman–Crippen MR) is 106 cm³/mol. The van der Waals surface area contributed by atoms with E-state index in [1.807, 2.05) is 0 Å². The van der Waals surface area contributed by atoms with E-state index in [2.05, 4.69) is 53.4 Å². The molecule has 0 amide bonds. The minimum Gasteiger partial charge on any atom is -0.493 e. The minimum atomic E-state index is -1.19. The summed E-state index contributed by atoms with van der Waals surface area (Å²) >= 11 is 0. The Labute approximate surface area is 153 Å². The molecule has 1 aliphatic rings. The summed E-state index contributed by atoms with van der Waals surface area (Å²) in [5.74, 6) is 0.540. The van der Waals surface area contributed by atoms with Crippen LogP contribution in [0, 0.1) is 6.92 Å². The van der Waals surface area contributed by atoms with Gasteiger partial charge in [0.15, 0.2) is 0 Å². The van der Waals surface area contributed by atoms with E-state index in [1.165, 1.54) is 16.7 Å². The lowest BCUT2D eigenvalue weighted by molar-refractivity contribution is 0.0532. The van der Waals surface area contributed by atoms with Crippen LogP contribution in [0.4, 0.5) is 0 Å². The molecular weight excluding hydrogens is 328 g/mol. The summed E-state index contributed by atoms with van der Waals surface area (Å²) in [4.78, 5) is 12.4. The molecule has 0 saturated carbocycles. The summed E-state index contributed by atoms with van der Waals surface area (Å²) in [6, 6.07) is 1.08. The smallest absolute Gasteiger partial charge is 0.342 e. The number of hydrogen-bond acceptors (Lipinski definition) is 3. The Morgan fingerprint density at radius 3 is 2.48 bits per heavy atom. The highest BCUT2D eigenvalue weighted by atomic mass is 28.3. The number of cyclic esters (lactones) is 1. The number of carbonyl (C=O) groups excluding carboxylic acids is 1. The third-order valence-corrected chi connectivity index (χ3v) is 6.49. The first-order chi connectivity index (χ1) is 11.7. The summed E-state index contributed by atoms with van der Waals surface area (Å²) in [7, 11) is -1.19. The number of ether oxygens (including phenoxy) is 2. The van der Waals surface area contributed by atoms with Gasteiger partial charge in [-0.05, 0) is 50.8 Å². The first kappa shape index (κ1) is 19.8. The van der Waals surface area contributed by atoms with Gasteiger partial charge in [-0.1, -0.05) is 38.2 Å². The van der Waals surface area contributed by atoms with E-state index in [4.69, 9.17) is 9.47 Å². The van der Waals surface area contributed by atoms with Crippen molar-refractivity contribution in [3.05, 3.63) is 39.5 Å². The van der Waals surface area contributed by atoms with Gasteiger partial charge in [-0.25, -0.2) is 4.79 Å². The van der Waals surface area contributed by atoms with Crippen molar-refractivity contribution < 1.29 is 14.3 Å². The molecule has 1 aromatic carbocycles. The van der Waals surface area contributed by atoms with Gasteiger partial charge in [0.2, 0.25) is 0 Å². The molecule has 0 fully saturated rings. The van der Waals surface area contributed by atoms with E-state index in [0.29, 0.717) is 18.8 Å². The first-order valence-corrected chi connectivity index (χ1v) is 13.0. The fraction of sp³-hybridized carbons (Fsp3) is 0.571.